The van der Waals surface area contributed by atoms with Crippen molar-refractivity contribution >= 4 is 49.4 Å². The molecule has 11 nitrogen and oxygen atoms in total. The number of halogens is 3. The van der Waals surface area contributed by atoms with Crippen LogP contribution < -0.4 is 14.1 Å². The van der Waals surface area contributed by atoms with Gasteiger partial charge in [0, 0.05) is 17.5 Å². The van der Waals surface area contributed by atoms with Crippen LogP contribution in [-0.4, -0.2) is 22.1 Å². The molecule has 0 spiro atoms. The SMILES string of the molecule is O=c1oc2c(OS(=O)(=O)c3cccc(C(F)(F)F)c3)cccc2cc1N(c1cccc([N+](=O)[O-])c1)S(=O)[O-]. The summed E-state index contributed by atoms with van der Waals surface area (Å²) >= 11 is -3.15. The molecule has 0 amide bonds. The molecule has 0 fully saturated rings. The molecule has 0 bridgehead atoms. The number of anilines is 2. The van der Waals surface area contributed by atoms with E-state index in [2.05, 4.69) is 0 Å². The molecule has 0 aliphatic carbocycles. The average Bonchev–Trinajstić information content (AvgIpc) is 2.84. The van der Waals surface area contributed by atoms with Crippen LogP contribution in [-0.2, 0) is 27.6 Å². The van der Waals surface area contributed by atoms with E-state index in [0.29, 0.717) is 16.4 Å². The summed E-state index contributed by atoms with van der Waals surface area (Å²) in [5, 5.41) is 11.0. The Bertz CT molecular complexity index is 1760. The summed E-state index contributed by atoms with van der Waals surface area (Å²) in [6.07, 6.45) is -4.82. The zero-order valence-electron chi connectivity index (χ0n) is 18.4. The van der Waals surface area contributed by atoms with E-state index in [1.807, 2.05) is 0 Å². The van der Waals surface area contributed by atoms with Gasteiger partial charge in [-0.25, -0.2) is 4.79 Å². The van der Waals surface area contributed by atoms with E-state index in [4.69, 9.17) is 8.60 Å². The van der Waals surface area contributed by atoms with Gasteiger partial charge in [-0.15, -0.1) is 0 Å². The first-order valence-corrected chi connectivity index (χ1v) is 12.5. The fourth-order valence-corrected chi connectivity index (χ4v) is 4.90. The van der Waals surface area contributed by atoms with Crippen molar-refractivity contribution in [3.8, 4) is 5.75 Å². The van der Waals surface area contributed by atoms with Crippen molar-refractivity contribution in [2.24, 2.45) is 0 Å². The third-order valence-electron chi connectivity index (χ3n) is 5.00. The van der Waals surface area contributed by atoms with Crippen molar-refractivity contribution < 1.29 is 43.9 Å². The topological polar surface area (TPSA) is 160 Å². The van der Waals surface area contributed by atoms with Crippen LogP contribution in [0.4, 0.5) is 30.2 Å². The number of hydrogen-bond acceptors (Lipinski definition) is 9. The molecular weight excluding hydrogens is 557 g/mol. The van der Waals surface area contributed by atoms with Gasteiger partial charge in [-0.3, -0.25) is 18.6 Å². The number of benzene rings is 3. The molecule has 1 atom stereocenters. The number of hydrogen-bond donors (Lipinski definition) is 0. The summed E-state index contributed by atoms with van der Waals surface area (Å²) in [5.74, 6) is -0.561. The maximum absolute atomic E-state index is 13.0. The molecular formula is C22H12F3N2O9S2-. The van der Waals surface area contributed by atoms with Gasteiger partial charge in [-0.2, -0.15) is 21.6 Å². The highest BCUT2D eigenvalue weighted by Gasteiger charge is 2.32. The van der Waals surface area contributed by atoms with E-state index in [-0.39, 0.29) is 11.1 Å². The smallest absolute Gasteiger partial charge is 0.416 e. The number of nitrogens with zero attached hydrogens (tertiary/aromatic N) is 2. The molecule has 0 aliphatic heterocycles. The van der Waals surface area contributed by atoms with Crippen LogP contribution in [0.2, 0.25) is 0 Å². The van der Waals surface area contributed by atoms with E-state index < -0.39 is 71.3 Å². The molecule has 4 rings (SSSR count). The minimum absolute atomic E-state index is 0.0303. The second kappa shape index (κ2) is 9.88. The zero-order chi connectivity index (χ0) is 27.8. The Hall–Kier alpha value is -4.28. The summed E-state index contributed by atoms with van der Waals surface area (Å²) in [6, 6.07) is 11.8. The maximum atomic E-state index is 13.0. The lowest BCUT2D eigenvalue weighted by Gasteiger charge is -2.25. The lowest BCUT2D eigenvalue weighted by Crippen LogP contribution is -2.25. The molecule has 16 heteroatoms. The number of fused-ring (bicyclic) bond motifs is 1. The highest BCUT2D eigenvalue weighted by Crippen LogP contribution is 2.34. The van der Waals surface area contributed by atoms with Crippen molar-refractivity contribution in [2.45, 2.75) is 11.1 Å². The molecule has 4 aromatic rings. The summed E-state index contributed by atoms with van der Waals surface area (Å²) in [7, 11) is -4.83. The van der Waals surface area contributed by atoms with Gasteiger partial charge >= 0.3 is 21.9 Å². The highest BCUT2D eigenvalue weighted by molar-refractivity contribution is 7.87. The fourth-order valence-electron chi connectivity index (χ4n) is 3.35. The molecule has 38 heavy (non-hydrogen) atoms. The molecule has 198 valence electrons. The Balaban J connectivity index is 1.79. The highest BCUT2D eigenvalue weighted by atomic mass is 32.2. The van der Waals surface area contributed by atoms with E-state index in [1.54, 1.807) is 0 Å². The van der Waals surface area contributed by atoms with Gasteiger partial charge in [0.15, 0.2) is 11.3 Å². The molecule has 0 saturated heterocycles. The molecule has 3 aromatic carbocycles. The van der Waals surface area contributed by atoms with Crippen molar-refractivity contribution in [3.05, 3.63) is 98.9 Å². The number of non-ortho nitro benzene ring substituents is 1. The van der Waals surface area contributed by atoms with Gasteiger partial charge in [0.25, 0.3) is 5.69 Å². The van der Waals surface area contributed by atoms with Gasteiger partial charge in [-0.1, -0.05) is 24.3 Å². The Morgan fingerprint density at radius 3 is 2.34 bits per heavy atom. The number of nitro groups is 1. The molecule has 0 saturated carbocycles. The van der Waals surface area contributed by atoms with Crippen LogP contribution in [0, 0.1) is 10.1 Å². The monoisotopic (exact) mass is 569 g/mol. The van der Waals surface area contributed by atoms with Crippen LogP contribution in [0.1, 0.15) is 5.56 Å². The number of para-hydroxylation sites is 1. The largest absolute Gasteiger partial charge is 0.755 e. The van der Waals surface area contributed by atoms with E-state index >= 15 is 0 Å². The minimum Gasteiger partial charge on any atom is -0.755 e. The van der Waals surface area contributed by atoms with Gasteiger partial charge in [0.1, 0.15) is 10.6 Å². The lowest BCUT2D eigenvalue weighted by molar-refractivity contribution is -0.384. The predicted octanol–water partition coefficient (Wildman–Crippen LogP) is 4.42. The molecule has 1 unspecified atom stereocenters. The number of rotatable bonds is 7. The summed E-state index contributed by atoms with van der Waals surface area (Å²) in [6.45, 7) is 0. The Morgan fingerprint density at radius 2 is 1.68 bits per heavy atom. The fraction of sp³-hybridized carbons (Fsp3) is 0.0455. The maximum Gasteiger partial charge on any atom is 0.416 e. The zero-order valence-corrected chi connectivity index (χ0v) is 20.1. The second-order valence-corrected chi connectivity index (χ2v) is 9.79. The number of alkyl halides is 3. The second-order valence-electron chi connectivity index (χ2n) is 7.45. The molecule has 0 aliphatic rings. The standard InChI is InChI=1S/C22H13F3N2O9S2/c23-22(24,25)14-5-2-8-17(11-14)38(33,34)36-19-9-1-4-13-10-18(21(28)35-20(13)19)26(37(31)32)15-6-3-7-16(12-15)27(29)30/h1-12H,(H,31,32)/p-1. The minimum atomic E-state index is -4.83. The normalized spacial score (nSPS) is 12.7. The number of nitro benzene ring substituents is 1. The van der Waals surface area contributed by atoms with Crippen LogP contribution in [0.25, 0.3) is 11.0 Å². The first-order chi connectivity index (χ1) is 17.8. The van der Waals surface area contributed by atoms with Gasteiger partial charge < -0.3 is 13.2 Å². The molecule has 0 N–H and O–H groups in total. The third kappa shape index (κ3) is 5.36. The van der Waals surface area contributed by atoms with Crippen LogP contribution >= 0.6 is 0 Å². The Kier molecular flexibility index (Phi) is 6.96. The van der Waals surface area contributed by atoms with Crippen LogP contribution in [0.5, 0.6) is 5.75 Å². The lowest BCUT2D eigenvalue weighted by atomic mass is 10.2. The summed E-state index contributed by atoms with van der Waals surface area (Å²) in [4.78, 5) is 22.3. The van der Waals surface area contributed by atoms with Crippen molar-refractivity contribution in [1.82, 2.24) is 0 Å². The summed E-state index contributed by atoms with van der Waals surface area (Å²) in [5.41, 5.74) is -4.29. The summed E-state index contributed by atoms with van der Waals surface area (Å²) < 4.78 is 98.9. The van der Waals surface area contributed by atoms with Gasteiger partial charge in [0.2, 0.25) is 0 Å². The van der Waals surface area contributed by atoms with Crippen LogP contribution in [0.3, 0.4) is 0 Å². The van der Waals surface area contributed by atoms with Gasteiger partial charge in [0.05, 0.1) is 27.4 Å². The van der Waals surface area contributed by atoms with Gasteiger partial charge in [-0.05, 0) is 36.4 Å². The first kappa shape index (κ1) is 26.8. The van der Waals surface area contributed by atoms with E-state index in [0.717, 1.165) is 36.4 Å². The molecule has 1 aromatic heterocycles. The first-order valence-electron chi connectivity index (χ1n) is 10.1. The van der Waals surface area contributed by atoms with Crippen molar-refractivity contribution in [3.63, 3.8) is 0 Å². The third-order valence-corrected chi connectivity index (χ3v) is 6.93. The predicted molar refractivity (Wildman–Crippen MR) is 126 cm³/mol. The van der Waals surface area contributed by atoms with E-state index in [9.17, 15) is 45.3 Å². The Labute approximate surface area is 213 Å². The van der Waals surface area contributed by atoms with E-state index in [1.165, 1.54) is 24.3 Å². The molecule has 0 radical (unpaired) electrons. The van der Waals surface area contributed by atoms with Crippen molar-refractivity contribution in [1.29, 1.82) is 0 Å². The Morgan fingerprint density at radius 1 is 1.00 bits per heavy atom. The quantitative estimate of drug-likeness (QED) is 0.103. The average molecular weight is 569 g/mol. The van der Waals surface area contributed by atoms with Crippen molar-refractivity contribution in [2.75, 3.05) is 4.31 Å². The van der Waals surface area contributed by atoms with Crippen LogP contribution in [0.15, 0.2) is 86.9 Å². The molecule has 1 heterocycles.